The molecule has 34 heavy (non-hydrogen) atoms. The first kappa shape index (κ1) is 22.3. The number of halogens is 2. The number of hydrogen-bond donors (Lipinski definition) is 3. The molecular formula is C21H20F2N8O2S. The number of carbonyl (C=O) groups is 1. The molecule has 1 aromatic carbocycles. The minimum atomic E-state index is -3.00. The number of benzene rings is 1. The molecule has 13 heteroatoms. The van der Waals surface area contributed by atoms with Crippen LogP contribution in [0.4, 0.5) is 14.5 Å². The van der Waals surface area contributed by atoms with Crippen molar-refractivity contribution in [3.63, 3.8) is 0 Å². The molecule has 1 aliphatic heterocycles. The number of aromatic amines is 1. The number of nitrogens with zero attached hydrogens (tertiary/aromatic N) is 5. The zero-order chi connectivity index (χ0) is 23.5. The number of H-pyrrole nitrogens is 1. The summed E-state index contributed by atoms with van der Waals surface area (Å²) in [6.07, 6.45) is 6.06. The lowest BCUT2D eigenvalue weighted by Gasteiger charge is -2.26. The Kier molecular flexibility index (Phi) is 6.38. The molecule has 1 amide bonds. The van der Waals surface area contributed by atoms with Crippen molar-refractivity contribution < 1.29 is 18.3 Å². The fourth-order valence-electron chi connectivity index (χ4n) is 3.61. The molecule has 3 aromatic heterocycles. The van der Waals surface area contributed by atoms with E-state index >= 15 is 0 Å². The van der Waals surface area contributed by atoms with Crippen LogP contribution >= 0.6 is 11.9 Å². The summed E-state index contributed by atoms with van der Waals surface area (Å²) in [7, 11) is 0. The van der Waals surface area contributed by atoms with Crippen molar-refractivity contribution in [3.05, 3.63) is 54.6 Å². The third kappa shape index (κ3) is 4.71. The van der Waals surface area contributed by atoms with E-state index in [0.29, 0.717) is 22.6 Å². The van der Waals surface area contributed by atoms with Crippen LogP contribution in [-0.4, -0.2) is 67.8 Å². The number of hydrogen-bond acceptors (Lipinski definition) is 8. The van der Waals surface area contributed by atoms with Crippen LogP contribution in [0.2, 0.25) is 0 Å². The number of amides is 1. The lowest BCUT2D eigenvalue weighted by Crippen LogP contribution is -2.39. The first-order valence-corrected chi connectivity index (χ1v) is 11.2. The van der Waals surface area contributed by atoms with Crippen molar-refractivity contribution in [2.75, 3.05) is 31.5 Å². The quantitative estimate of drug-likeness (QED) is 0.342. The highest BCUT2D eigenvalue weighted by atomic mass is 32.2. The number of piperazine rings is 1. The first-order valence-electron chi connectivity index (χ1n) is 10.4. The Morgan fingerprint density at radius 1 is 1.24 bits per heavy atom. The minimum Gasteiger partial charge on any atom is -0.434 e. The first-order chi connectivity index (χ1) is 16.6. The summed E-state index contributed by atoms with van der Waals surface area (Å²) in [5, 5.41) is 17.0. The van der Waals surface area contributed by atoms with Crippen LogP contribution in [-0.2, 0) is 0 Å². The Labute approximate surface area is 196 Å². The summed E-state index contributed by atoms with van der Waals surface area (Å²) in [6.45, 7) is 0.461. The summed E-state index contributed by atoms with van der Waals surface area (Å²) in [5.41, 5.74) is 1.66. The van der Waals surface area contributed by atoms with E-state index in [0.717, 1.165) is 31.1 Å². The summed E-state index contributed by atoms with van der Waals surface area (Å²) in [5.74, 6) is -0.490. The van der Waals surface area contributed by atoms with Crippen molar-refractivity contribution in [1.82, 2.24) is 34.4 Å². The molecule has 0 saturated carbocycles. The van der Waals surface area contributed by atoms with Gasteiger partial charge in [-0.1, -0.05) is 0 Å². The number of fused-ring (bicyclic) bond motifs is 1. The lowest BCUT2D eigenvalue weighted by molar-refractivity contribution is -0.0494. The fourth-order valence-corrected chi connectivity index (χ4v) is 4.57. The van der Waals surface area contributed by atoms with E-state index in [1.54, 1.807) is 30.6 Å². The molecule has 4 heterocycles. The standard InChI is InChI=1S/C21H20F2N8O2S/c22-21(23)33-17-3-2-13(34-30-8-5-24-6-9-30)10-14(17)18-16(12-26-29-18)28-20(32)15-11-27-31-7-1-4-25-19(15)31/h1-4,7,10-12,21,24H,5-6,8-9H2,(H,26,29)(H,28,32). The Bertz CT molecular complexity index is 1300. The number of nitrogens with one attached hydrogen (secondary N) is 3. The van der Waals surface area contributed by atoms with Gasteiger partial charge in [-0.3, -0.25) is 9.89 Å². The third-order valence-corrected chi connectivity index (χ3v) is 6.25. The normalized spacial score (nSPS) is 14.6. The number of alkyl halides is 2. The molecule has 0 bridgehead atoms. The number of ether oxygens (including phenoxy) is 1. The predicted molar refractivity (Wildman–Crippen MR) is 122 cm³/mol. The van der Waals surface area contributed by atoms with E-state index in [1.165, 1.54) is 34.9 Å². The smallest absolute Gasteiger partial charge is 0.387 e. The van der Waals surface area contributed by atoms with Gasteiger partial charge in [-0.15, -0.1) is 0 Å². The van der Waals surface area contributed by atoms with Crippen molar-refractivity contribution in [2.24, 2.45) is 0 Å². The Morgan fingerprint density at radius 2 is 2.09 bits per heavy atom. The van der Waals surface area contributed by atoms with Gasteiger partial charge in [0.15, 0.2) is 5.65 Å². The molecule has 176 valence electrons. The summed E-state index contributed by atoms with van der Waals surface area (Å²) >= 11 is 1.53. The van der Waals surface area contributed by atoms with Crippen molar-refractivity contribution >= 4 is 29.2 Å². The van der Waals surface area contributed by atoms with E-state index < -0.39 is 12.5 Å². The number of carbonyl (C=O) groups excluding carboxylic acids is 1. The molecule has 5 rings (SSSR count). The van der Waals surface area contributed by atoms with Crippen LogP contribution in [0.1, 0.15) is 10.4 Å². The van der Waals surface area contributed by atoms with Gasteiger partial charge in [0, 0.05) is 49.0 Å². The van der Waals surface area contributed by atoms with Crippen LogP contribution in [0.5, 0.6) is 5.75 Å². The van der Waals surface area contributed by atoms with Crippen molar-refractivity contribution in [1.29, 1.82) is 0 Å². The molecule has 1 aliphatic rings. The Morgan fingerprint density at radius 3 is 2.91 bits per heavy atom. The number of rotatable bonds is 7. The van der Waals surface area contributed by atoms with Crippen LogP contribution in [0.3, 0.4) is 0 Å². The topological polar surface area (TPSA) is 112 Å². The Balaban J connectivity index is 1.45. The zero-order valence-electron chi connectivity index (χ0n) is 17.7. The second kappa shape index (κ2) is 9.75. The largest absolute Gasteiger partial charge is 0.434 e. The van der Waals surface area contributed by atoms with Crippen LogP contribution in [0, 0.1) is 0 Å². The number of anilines is 1. The highest BCUT2D eigenvalue weighted by molar-refractivity contribution is 7.97. The molecule has 0 unspecified atom stereocenters. The van der Waals surface area contributed by atoms with Gasteiger partial charge < -0.3 is 15.4 Å². The van der Waals surface area contributed by atoms with Gasteiger partial charge in [-0.05, 0) is 36.2 Å². The van der Waals surface area contributed by atoms with Gasteiger partial charge >= 0.3 is 6.61 Å². The summed E-state index contributed by atoms with van der Waals surface area (Å²) < 4.78 is 34.6. The van der Waals surface area contributed by atoms with Gasteiger partial charge in [0.25, 0.3) is 5.91 Å². The maximum Gasteiger partial charge on any atom is 0.387 e. The molecule has 0 radical (unpaired) electrons. The molecule has 3 N–H and O–H groups in total. The van der Waals surface area contributed by atoms with Crippen molar-refractivity contribution in [2.45, 2.75) is 11.5 Å². The van der Waals surface area contributed by atoms with Gasteiger partial charge in [0.1, 0.15) is 11.3 Å². The van der Waals surface area contributed by atoms with Crippen molar-refractivity contribution in [3.8, 4) is 17.0 Å². The van der Waals surface area contributed by atoms with E-state index in [-0.39, 0.29) is 11.3 Å². The lowest BCUT2D eigenvalue weighted by atomic mass is 10.1. The molecule has 1 fully saturated rings. The maximum absolute atomic E-state index is 13.1. The average molecular weight is 487 g/mol. The minimum absolute atomic E-state index is 0.0305. The number of aromatic nitrogens is 5. The van der Waals surface area contributed by atoms with Crippen LogP contribution in [0.25, 0.3) is 16.9 Å². The third-order valence-electron chi connectivity index (χ3n) is 5.16. The van der Waals surface area contributed by atoms with E-state index in [9.17, 15) is 13.6 Å². The van der Waals surface area contributed by atoms with E-state index in [1.807, 2.05) is 0 Å². The summed E-state index contributed by atoms with van der Waals surface area (Å²) in [4.78, 5) is 18.0. The maximum atomic E-state index is 13.1. The molecule has 0 atom stereocenters. The van der Waals surface area contributed by atoms with Gasteiger partial charge in [-0.2, -0.15) is 19.0 Å². The average Bonchev–Trinajstić information content (AvgIpc) is 3.47. The van der Waals surface area contributed by atoms with Gasteiger partial charge in [-0.25, -0.2) is 13.8 Å². The van der Waals surface area contributed by atoms with E-state index in [4.69, 9.17) is 4.74 Å². The second-order valence-electron chi connectivity index (χ2n) is 7.37. The van der Waals surface area contributed by atoms with Crippen LogP contribution < -0.4 is 15.4 Å². The fraction of sp³-hybridized carbons (Fsp3) is 0.238. The monoisotopic (exact) mass is 486 g/mol. The van der Waals surface area contributed by atoms with Gasteiger partial charge in [0.05, 0.1) is 23.8 Å². The predicted octanol–water partition coefficient (Wildman–Crippen LogP) is 2.89. The molecule has 0 spiro atoms. The zero-order valence-corrected chi connectivity index (χ0v) is 18.6. The Hall–Kier alpha value is -3.55. The highest BCUT2D eigenvalue weighted by Crippen LogP contribution is 2.38. The van der Waals surface area contributed by atoms with Crippen LogP contribution in [0.15, 0.2) is 53.9 Å². The van der Waals surface area contributed by atoms with E-state index in [2.05, 4.69) is 35.2 Å². The molecular weight excluding hydrogens is 466 g/mol. The molecule has 4 aromatic rings. The molecule has 1 saturated heterocycles. The molecule has 10 nitrogen and oxygen atoms in total. The highest BCUT2D eigenvalue weighted by Gasteiger charge is 2.21. The van der Waals surface area contributed by atoms with Gasteiger partial charge in [0.2, 0.25) is 0 Å². The molecule has 0 aliphatic carbocycles. The second-order valence-corrected chi connectivity index (χ2v) is 8.54. The SMILES string of the molecule is O=C(Nc1cn[nH]c1-c1cc(SN2CCNCC2)ccc1OC(F)F)c1cnn2cccnc12. The summed E-state index contributed by atoms with van der Waals surface area (Å²) in [6, 6.07) is 6.66.